The molecule has 0 N–H and O–H groups in total. The molecule has 0 amide bonds. The molecule has 3 fully saturated rings. The number of hydrogen-bond donors (Lipinski definition) is 0. The van der Waals surface area contributed by atoms with E-state index in [9.17, 15) is 0 Å². The molecule has 7 unspecified atom stereocenters. The number of rotatable bonds is 2. The minimum atomic E-state index is 0.0980. The van der Waals surface area contributed by atoms with E-state index in [0.717, 1.165) is 12.5 Å². The summed E-state index contributed by atoms with van der Waals surface area (Å²) < 4.78 is 13.2. The van der Waals surface area contributed by atoms with Crippen LogP contribution < -0.4 is 0 Å². The van der Waals surface area contributed by atoms with E-state index < -0.39 is 0 Å². The molecule has 1 aliphatic carbocycles. The van der Waals surface area contributed by atoms with Gasteiger partial charge in [0.2, 0.25) is 0 Å². The van der Waals surface area contributed by atoms with Crippen LogP contribution in [0.1, 0.15) is 109 Å². The molecule has 0 spiro atoms. The van der Waals surface area contributed by atoms with Gasteiger partial charge in [0.15, 0.2) is 0 Å². The fourth-order valence-electron chi connectivity index (χ4n) is 6.86. The highest BCUT2D eigenvalue weighted by molar-refractivity contribution is 5.17. The molecular weight excluding hydrogens is 368 g/mol. The van der Waals surface area contributed by atoms with E-state index in [0.29, 0.717) is 35.4 Å². The molecule has 3 rings (SSSR count). The lowest BCUT2D eigenvalue weighted by Crippen LogP contribution is -2.49. The maximum absolute atomic E-state index is 6.63. The van der Waals surface area contributed by atoms with Crippen molar-refractivity contribution in [2.24, 2.45) is 45.3 Å². The zero-order valence-electron chi connectivity index (χ0n) is 22.3. The Morgan fingerprint density at radius 1 is 0.700 bits per heavy atom. The smallest absolute Gasteiger partial charge is 0.100 e. The number of fused-ring (bicyclic) bond motifs is 1. The quantitative estimate of drug-likeness (QED) is 0.426. The molecule has 0 aromatic rings. The Kier molecular flexibility index (Phi) is 6.12. The molecule has 176 valence electrons. The van der Waals surface area contributed by atoms with Gasteiger partial charge in [-0.3, -0.25) is 0 Å². The zero-order valence-corrected chi connectivity index (χ0v) is 22.3. The summed E-state index contributed by atoms with van der Waals surface area (Å²) in [5, 5.41) is 0. The van der Waals surface area contributed by atoms with Crippen LogP contribution in [0, 0.1) is 45.3 Å². The van der Waals surface area contributed by atoms with Crippen LogP contribution in [0.3, 0.4) is 0 Å². The third-order valence-electron chi connectivity index (χ3n) is 8.76. The summed E-state index contributed by atoms with van der Waals surface area (Å²) >= 11 is 0. The summed E-state index contributed by atoms with van der Waals surface area (Å²) in [6, 6.07) is 0. The first-order chi connectivity index (χ1) is 13.4. The highest BCUT2D eigenvalue weighted by Crippen LogP contribution is 2.64. The van der Waals surface area contributed by atoms with Crippen molar-refractivity contribution < 1.29 is 9.47 Å². The second-order valence-corrected chi connectivity index (χ2v) is 15.4. The summed E-state index contributed by atoms with van der Waals surface area (Å²) in [7, 11) is 0. The van der Waals surface area contributed by atoms with Crippen LogP contribution in [0.4, 0.5) is 0 Å². The van der Waals surface area contributed by atoms with E-state index in [4.69, 9.17) is 9.47 Å². The third kappa shape index (κ3) is 4.66. The van der Waals surface area contributed by atoms with Gasteiger partial charge in [0.25, 0.3) is 0 Å². The maximum atomic E-state index is 6.63. The number of hydrogen-bond acceptors (Lipinski definition) is 2. The van der Waals surface area contributed by atoms with Gasteiger partial charge in [-0.2, -0.15) is 0 Å². The van der Waals surface area contributed by atoms with Crippen molar-refractivity contribution in [3.8, 4) is 0 Å². The summed E-state index contributed by atoms with van der Waals surface area (Å²) in [6.45, 7) is 29.7. The molecule has 0 bridgehead atoms. The van der Waals surface area contributed by atoms with Gasteiger partial charge >= 0.3 is 0 Å². The molecule has 2 nitrogen and oxygen atoms in total. The minimum absolute atomic E-state index is 0.0980. The molecule has 2 aliphatic heterocycles. The Morgan fingerprint density at radius 2 is 1.23 bits per heavy atom. The standard InChI is InChI=1S/C28H52O2/c1-24(2,3)20-15-19(17-29-22(20)26(7,8)9)13-18-14-21(25(4,5)6)23-28(16-18,30-23)27(10,11)12/h18-23H,13-17H2,1-12H3. The molecule has 7 atom stereocenters. The molecule has 30 heavy (non-hydrogen) atoms. The molecular formula is C28H52O2. The van der Waals surface area contributed by atoms with Crippen molar-refractivity contribution >= 4 is 0 Å². The zero-order chi connectivity index (χ0) is 22.9. The first-order valence-electron chi connectivity index (χ1n) is 12.7. The predicted octanol–water partition coefficient (Wildman–Crippen LogP) is 7.75. The lowest BCUT2D eigenvalue weighted by Gasteiger charge is -2.49. The first-order valence-corrected chi connectivity index (χ1v) is 12.7. The number of ether oxygens (including phenoxy) is 2. The Hall–Kier alpha value is -0.0800. The van der Waals surface area contributed by atoms with Crippen molar-refractivity contribution in [1.82, 2.24) is 0 Å². The molecule has 0 radical (unpaired) electrons. The van der Waals surface area contributed by atoms with Crippen LogP contribution in [0.2, 0.25) is 0 Å². The van der Waals surface area contributed by atoms with E-state index in [1.165, 1.54) is 25.7 Å². The highest BCUT2D eigenvalue weighted by Gasteiger charge is 2.69. The Labute approximate surface area is 188 Å². The Morgan fingerprint density at radius 3 is 1.70 bits per heavy atom. The van der Waals surface area contributed by atoms with E-state index in [2.05, 4.69) is 83.1 Å². The number of epoxide rings is 1. The van der Waals surface area contributed by atoms with E-state index in [1.54, 1.807) is 0 Å². The lowest BCUT2D eigenvalue weighted by molar-refractivity contribution is -0.139. The van der Waals surface area contributed by atoms with Crippen molar-refractivity contribution in [3.63, 3.8) is 0 Å². The second kappa shape index (κ2) is 7.47. The largest absolute Gasteiger partial charge is 0.377 e. The summed E-state index contributed by atoms with van der Waals surface area (Å²) in [6.07, 6.45) is 6.01. The van der Waals surface area contributed by atoms with Crippen LogP contribution >= 0.6 is 0 Å². The van der Waals surface area contributed by atoms with Crippen LogP contribution in [-0.2, 0) is 9.47 Å². The Bertz CT molecular complexity index is 609. The third-order valence-corrected chi connectivity index (χ3v) is 8.76. The Balaban J connectivity index is 1.75. The van der Waals surface area contributed by atoms with Gasteiger partial charge in [-0.1, -0.05) is 83.1 Å². The molecule has 1 saturated carbocycles. The van der Waals surface area contributed by atoms with Gasteiger partial charge in [0, 0.05) is 6.61 Å². The summed E-state index contributed by atoms with van der Waals surface area (Å²) in [4.78, 5) is 0. The first kappa shape index (κ1) is 24.6. The molecule has 2 heterocycles. The van der Waals surface area contributed by atoms with E-state index in [1.807, 2.05) is 0 Å². The average molecular weight is 421 g/mol. The lowest BCUT2D eigenvalue weighted by atomic mass is 9.58. The van der Waals surface area contributed by atoms with Gasteiger partial charge in [0.1, 0.15) is 5.60 Å². The van der Waals surface area contributed by atoms with Crippen LogP contribution in [0.25, 0.3) is 0 Å². The predicted molar refractivity (Wildman–Crippen MR) is 128 cm³/mol. The van der Waals surface area contributed by atoms with Gasteiger partial charge < -0.3 is 9.47 Å². The molecule has 3 aliphatic rings. The van der Waals surface area contributed by atoms with Crippen molar-refractivity contribution in [1.29, 1.82) is 0 Å². The molecule has 2 saturated heterocycles. The molecule has 0 aromatic heterocycles. The van der Waals surface area contributed by atoms with Gasteiger partial charge in [-0.05, 0) is 71.0 Å². The van der Waals surface area contributed by atoms with E-state index in [-0.39, 0.29) is 21.8 Å². The van der Waals surface area contributed by atoms with Gasteiger partial charge in [0.05, 0.1) is 12.2 Å². The summed E-state index contributed by atoms with van der Waals surface area (Å²) in [5.41, 5.74) is 1.12. The van der Waals surface area contributed by atoms with E-state index >= 15 is 0 Å². The normalized spacial score (nSPS) is 40.8. The highest BCUT2D eigenvalue weighted by atomic mass is 16.6. The van der Waals surface area contributed by atoms with Crippen molar-refractivity contribution in [3.05, 3.63) is 0 Å². The van der Waals surface area contributed by atoms with Gasteiger partial charge in [-0.25, -0.2) is 0 Å². The van der Waals surface area contributed by atoms with Crippen molar-refractivity contribution in [2.75, 3.05) is 6.61 Å². The molecule has 0 aromatic carbocycles. The summed E-state index contributed by atoms with van der Waals surface area (Å²) in [5.74, 6) is 2.74. The van der Waals surface area contributed by atoms with Gasteiger partial charge in [-0.15, -0.1) is 0 Å². The fraction of sp³-hybridized carbons (Fsp3) is 1.00. The topological polar surface area (TPSA) is 21.8 Å². The van der Waals surface area contributed by atoms with Crippen LogP contribution in [-0.4, -0.2) is 24.4 Å². The van der Waals surface area contributed by atoms with Crippen LogP contribution in [0.5, 0.6) is 0 Å². The monoisotopic (exact) mass is 420 g/mol. The average Bonchev–Trinajstić information content (AvgIpc) is 3.27. The second-order valence-electron chi connectivity index (χ2n) is 15.4. The SMILES string of the molecule is CC(C)(C)C1CC(CC2CC(C(C)(C)C)C3OC3(C(C)(C)C)C2)COC1C(C)(C)C. The fourth-order valence-corrected chi connectivity index (χ4v) is 6.86. The molecule has 2 heteroatoms. The van der Waals surface area contributed by atoms with Crippen LogP contribution in [0.15, 0.2) is 0 Å². The maximum Gasteiger partial charge on any atom is 0.100 e. The van der Waals surface area contributed by atoms with Crippen molar-refractivity contribution in [2.45, 2.75) is 127 Å². The minimum Gasteiger partial charge on any atom is -0.377 e.